The first-order chi connectivity index (χ1) is 22.3. The van der Waals surface area contributed by atoms with E-state index in [4.69, 9.17) is 4.42 Å². The van der Waals surface area contributed by atoms with E-state index in [1.54, 1.807) is 0 Å². The third-order valence-corrected chi connectivity index (χ3v) is 10.4. The Morgan fingerprint density at radius 1 is 0.333 bits per heavy atom. The molecule has 0 amide bonds. The van der Waals surface area contributed by atoms with E-state index in [0.29, 0.717) is 0 Å². The molecule has 0 fully saturated rings. The molecule has 45 heavy (non-hydrogen) atoms. The Hall–Kier alpha value is -6.06. The molecule has 0 saturated carbocycles. The van der Waals surface area contributed by atoms with Gasteiger partial charge in [0.05, 0.1) is 33.1 Å². The number of fused-ring (bicyclic) bond motifs is 16. The van der Waals surface area contributed by atoms with Gasteiger partial charge in [-0.25, -0.2) is 0 Å². The molecular formula is C42H22N2O. The topological polar surface area (TPSA) is 22.0 Å². The molecule has 206 valence electrons. The van der Waals surface area contributed by atoms with Gasteiger partial charge >= 0.3 is 0 Å². The van der Waals surface area contributed by atoms with Gasteiger partial charge in [0, 0.05) is 53.9 Å². The number of benzene rings is 7. The Bertz CT molecular complexity index is 3190. The lowest BCUT2D eigenvalue weighted by atomic mass is 10.0. The van der Waals surface area contributed by atoms with Crippen LogP contribution < -0.4 is 0 Å². The SMILES string of the molecule is c1ccc(-c2ccc3c4cccc5c6cc7c(cc6n(c3c2)c45)c2cccc3c4ccc5c6ccccc6oc5c4n7c23)cc1. The first-order valence-electron chi connectivity index (χ1n) is 15.5. The summed E-state index contributed by atoms with van der Waals surface area (Å²) in [4.78, 5) is 0. The zero-order valence-corrected chi connectivity index (χ0v) is 24.0. The van der Waals surface area contributed by atoms with E-state index in [-0.39, 0.29) is 0 Å². The van der Waals surface area contributed by atoms with Crippen LogP contribution in [0.15, 0.2) is 138 Å². The molecule has 0 bridgehead atoms. The monoisotopic (exact) mass is 570 g/mol. The van der Waals surface area contributed by atoms with Gasteiger partial charge in [-0.1, -0.05) is 103 Å². The van der Waals surface area contributed by atoms with E-state index in [9.17, 15) is 0 Å². The minimum Gasteiger partial charge on any atom is -0.454 e. The van der Waals surface area contributed by atoms with Gasteiger partial charge < -0.3 is 13.2 Å². The average Bonchev–Trinajstić information content (AvgIpc) is 3.88. The van der Waals surface area contributed by atoms with E-state index in [0.717, 1.165) is 27.5 Å². The summed E-state index contributed by atoms with van der Waals surface area (Å²) in [5, 5.41) is 12.5. The predicted octanol–water partition coefficient (Wildman–Crippen LogP) is 11.6. The van der Waals surface area contributed by atoms with Gasteiger partial charge in [-0.15, -0.1) is 0 Å². The van der Waals surface area contributed by atoms with E-state index in [1.807, 2.05) is 0 Å². The molecule has 0 unspecified atom stereocenters. The molecule has 0 atom stereocenters. The molecule has 0 N–H and O–H groups in total. The second-order valence-electron chi connectivity index (χ2n) is 12.5. The summed E-state index contributed by atoms with van der Waals surface area (Å²) in [6.07, 6.45) is 0. The van der Waals surface area contributed by atoms with Crippen LogP contribution in [0, 0.1) is 0 Å². The number of furan rings is 1. The summed E-state index contributed by atoms with van der Waals surface area (Å²) in [5.74, 6) is 0. The molecule has 5 heterocycles. The van der Waals surface area contributed by atoms with Crippen molar-refractivity contribution in [2.75, 3.05) is 0 Å². The molecule has 3 nitrogen and oxygen atoms in total. The van der Waals surface area contributed by atoms with Gasteiger partial charge in [0.15, 0.2) is 5.58 Å². The number of aromatic nitrogens is 2. The predicted molar refractivity (Wildman–Crippen MR) is 188 cm³/mol. The number of hydrogen-bond acceptors (Lipinski definition) is 1. The zero-order chi connectivity index (χ0) is 29.0. The first kappa shape index (κ1) is 22.5. The minimum absolute atomic E-state index is 0.929. The number of hydrogen-bond donors (Lipinski definition) is 0. The van der Waals surface area contributed by atoms with Gasteiger partial charge in [-0.3, -0.25) is 0 Å². The summed E-state index contributed by atoms with van der Waals surface area (Å²) >= 11 is 0. The third kappa shape index (κ3) is 2.54. The summed E-state index contributed by atoms with van der Waals surface area (Å²) in [7, 11) is 0. The fourth-order valence-corrected chi connectivity index (χ4v) is 8.51. The fourth-order valence-electron chi connectivity index (χ4n) is 8.51. The quantitative estimate of drug-likeness (QED) is 0.192. The Labute approximate surface area is 255 Å². The van der Waals surface area contributed by atoms with Crippen molar-refractivity contribution in [3.63, 3.8) is 0 Å². The Kier molecular flexibility index (Phi) is 3.76. The lowest BCUT2D eigenvalue weighted by Crippen LogP contribution is -1.84. The lowest BCUT2D eigenvalue weighted by Gasteiger charge is -2.04. The maximum atomic E-state index is 6.62. The number of rotatable bonds is 1. The molecule has 5 aromatic heterocycles. The first-order valence-corrected chi connectivity index (χ1v) is 15.5. The largest absolute Gasteiger partial charge is 0.454 e. The Morgan fingerprint density at radius 3 is 1.69 bits per heavy atom. The highest BCUT2D eigenvalue weighted by Gasteiger charge is 2.24. The van der Waals surface area contributed by atoms with Crippen molar-refractivity contribution in [2.45, 2.75) is 0 Å². The molecule has 0 spiro atoms. The summed E-state index contributed by atoms with van der Waals surface area (Å²) < 4.78 is 11.6. The highest BCUT2D eigenvalue weighted by molar-refractivity contribution is 6.31. The standard InChI is InChI=1S/C42H22N2O/c1-2-8-23(9-3-1)24-16-17-25-27-11-6-13-29-33-22-37-34(21-36(33)43(39(27)29)35(25)20-24)30-14-7-12-28-31-18-19-32-26-10-4-5-15-38(26)45-42(32)41(31)44(37)40(28)30/h1-22H. The highest BCUT2D eigenvalue weighted by Crippen LogP contribution is 2.46. The van der Waals surface area contributed by atoms with Crippen molar-refractivity contribution in [1.29, 1.82) is 0 Å². The van der Waals surface area contributed by atoms with Crippen LogP contribution in [-0.2, 0) is 0 Å². The second-order valence-corrected chi connectivity index (χ2v) is 12.5. The molecule has 0 aliphatic carbocycles. The maximum Gasteiger partial charge on any atom is 0.160 e. The molecule has 0 aliphatic rings. The van der Waals surface area contributed by atoms with Crippen LogP contribution >= 0.6 is 0 Å². The molecule has 0 saturated heterocycles. The van der Waals surface area contributed by atoms with Crippen molar-refractivity contribution in [2.24, 2.45) is 0 Å². The molecule has 0 radical (unpaired) electrons. The third-order valence-electron chi connectivity index (χ3n) is 10.4. The van der Waals surface area contributed by atoms with Crippen molar-refractivity contribution in [3.8, 4) is 11.1 Å². The molecule has 3 heteroatoms. The van der Waals surface area contributed by atoms with Crippen molar-refractivity contribution in [3.05, 3.63) is 133 Å². The number of nitrogens with zero attached hydrogens (tertiary/aromatic N) is 2. The fraction of sp³-hybridized carbons (Fsp3) is 0. The molecule has 12 rings (SSSR count). The number of para-hydroxylation sites is 3. The van der Waals surface area contributed by atoms with Gasteiger partial charge in [0.2, 0.25) is 0 Å². The van der Waals surface area contributed by atoms with Crippen LogP contribution in [0.1, 0.15) is 0 Å². The molecule has 12 aromatic rings. The normalized spacial score (nSPS) is 12.9. The summed E-state index contributed by atoms with van der Waals surface area (Å²) in [6.45, 7) is 0. The van der Waals surface area contributed by atoms with Crippen LogP contribution in [0.25, 0.3) is 109 Å². The molecular weight excluding hydrogens is 548 g/mol. The van der Waals surface area contributed by atoms with Crippen LogP contribution in [0.2, 0.25) is 0 Å². The second kappa shape index (κ2) is 7.53. The van der Waals surface area contributed by atoms with Gasteiger partial charge in [0.1, 0.15) is 5.58 Å². The van der Waals surface area contributed by atoms with Crippen LogP contribution in [0.4, 0.5) is 0 Å². The molecule has 7 aromatic carbocycles. The average molecular weight is 571 g/mol. The summed E-state index contributed by atoms with van der Waals surface area (Å²) in [5.41, 5.74) is 11.8. The smallest absolute Gasteiger partial charge is 0.160 e. The summed E-state index contributed by atoms with van der Waals surface area (Å²) in [6, 6.07) is 48.9. The van der Waals surface area contributed by atoms with Crippen molar-refractivity contribution < 1.29 is 4.42 Å². The van der Waals surface area contributed by atoms with Crippen molar-refractivity contribution in [1.82, 2.24) is 8.80 Å². The molecule has 0 aliphatic heterocycles. The maximum absolute atomic E-state index is 6.62. The van der Waals surface area contributed by atoms with Crippen LogP contribution in [0.5, 0.6) is 0 Å². The highest BCUT2D eigenvalue weighted by atomic mass is 16.3. The lowest BCUT2D eigenvalue weighted by molar-refractivity contribution is 0.671. The van der Waals surface area contributed by atoms with E-state index in [2.05, 4.69) is 142 Å². The van der Waals surface area contributed by atoms with Crippen LogP contribution in [-0.4, -0.2) is 8.80 Å². The van der Waals surface area contributed by atoms with Crippen LogP contribution in [0.3, 0.4) is 0 Å². The van der Waals surface area contributed by atoms with Gasteiger partial charge in [0.25, 0.3) is 0 Å². The minimum atomic E-state index is 0.929. The van der Waals surface area contributed by atoms with Gasteiger partial charge in [-0.2, -0.15) is 0 Å². The van der Waals surface area contributed by atoms with E-state index in [1.165, 1.54) is 81.8 Å². The Morgan fingerprint density at radius 2 is 0.889 bits per heavy atom. The van der Waals surface area contributed by atoms with Crippen molar-refractivity contribution >= 4 is 98.1 Å². The zero-order valence-electron chi connectivity index (χ0n) is 24.0. The Balaban J connectivity index is 1.29. The van der Waals surface area contributed by atoms with Gasteiger partial charge in [-0.05, 0) is 41.5 Å². The van der Waals surface area contributed by atoms with E-state index >= 15 is 0 Å². The van der Waals surface area contributed by atoms with E-state index < -0.39 is 0 Å².